The highest BCUT2D eigenvalue weighted by Crippen LogP contribution is 2.23. The molecule has 0 heterocycles. The predicted molar refractivity (Wildman–Crippen MR) is 83.4 cm³/mol. The molecule has 2 aromatic carbocycles. The predicted octanol–water partition coefficient (Wildman–Crippen LogP) is 2.10. The van der Waals surface area contributed by atoms with Crippen LogP contribution in [-0.4, -0.2) is 14.5 Å². The molecule has 2 aromatic rings. The molecule has 0 radical (unpaired) electrons. The lowest BCUT2D eigenvalue weighted by atomic mass is 9.89. The van der Waals surface area contributed by atoms with E-state index in [2.05, 4.69) is 16.9 Å². The lowest BCUT2D eigenvalue weighted by Gasteiger charge is -2.25. The SMILES string of the molecule is Nc1ccccc1S(=O)(=O)NC1CCc2ccccc2C1. The first kappa shape index (κ1) is 14.1. The van der Waals surface area contributed by atoms with Crippen molar-refractivity contribution in [2.24, 2.45) is 0 Å². The minimum absolute atomic E-state index is 0.0792. The maximum Gasteiger partial charge on any atom is 0.242 e. The smallest absolute Gasteiger partial charge is 0.242 e. The van der Waals surface area contributed by atoms with Gasteiger partial charge >= 0.3 is 0 Å². The lowest BCUT2D eigenvalue weighted by Crippen LogP contribution is -2.39. The number of rotatable bonds is 3. The summed E-state index contributed by atoms with van der Waals surface area (Å²) in [6.07, 6.45) is 2.43. The summed E-state index contributed by atoms with van der Waals surface area (Å²) < 4.78 is 27.7. The fraction of sp³-hybridized carbons (Fsp3) is 0.250. The van der Waals surface area contributed by atoms with Gasteiger partial charge in [0.1, 0.15) is 4.90 Å². The van der Waals surface area contributed by atoms with Crippen molar-refractivity contribution in [2.75, 3.05) is 5.73 Å². The van der Waals surface area contributed by atoms with Crippen LogP contribution in [0.4, 0.5) is 5.69 Å². The molecule has 0 bridgehead atoms. The van der Waals surface area contributed by atoms with Crippen molar-refractivity contribution >= 4 is 15.7 Å². The molecule has 1 aliphatic rings. The molecule has 0 saturated heterocycles. The normalized spacial score (nSPS) is 18.2. The highest BCUT2D eigenvalue weighted by Gasteiger charge is 2.25. The quantitative estimate of drug-likeness (QED) is 0.853. The summed E-state index contributed by atoms with van der Waals surface area (Å²) in [5, 5.41) is 0. The standard InChI is InChI=1S/C16H18N2O2S/c17-15-7-3-4-8-16(15)21(19,20)18-14-10-9-12-5-1-2-6-13(12)11-14/h1-8,14,18H,9-11,17H2. The summed E-state index contributed by atoms with van der Waals surface area (Å²) >= 11 is 0. The largest absolute Gasteiger partial charge is 0.398 e. The number of para-hydroxylation sites is 1. The monoisotopic (exact) mass is 302 g/mol. The van der Waals surface area contributed by atoms with Crippen LogP contribution in [0.2, 0.25) is 0 Å². The molecule has 0 aromatic heterocycles. The first-order valence-electron chi connectivity index (χ1n) is 7.00. The molecule has 110 valence electrons. The third-order valence-corrected chi connectivity index (χ3v) is 5.47. The van der Waals surface area contributed by atoms with E-state index in [1.807, 2.05) is 12.1 Å². The van der Waals surface area contributed by atoms with Crippen molar-refractivity contribution in [1.82, 2.24) is 4.72 Å². The number of nitrogens with two attached hydrogens (primary N) is 1. The molecule has 0 amide bonds. The zero-order chi connectivity index (χ0) is 14.9. The van der Waals surface area contributed by atoms with Crippen LogP contribution >= 0.6 is 0 Å². The molecule has 0 fully saturated rings. The van der Waals surface area contributed by atoms with Crippen LogP contribution in [0, 0.1) is 0 Å². The van der Waals surface area contributed by atoms with E-state index in [0.717, 1.165) is 19.3 Å². The van der Waals surface area contributed by atoms with Crippen molar-refractivity contribution in [3.63, 3.8) is 0 Å². The van der Waals surface area contributed by atoms with Crippen LogP contribution in [0.5, 0.6) is 0 Å². The first-order valence-corrected chi connectivity index (χ1v) is 8.48. The van der Waals surface area contributed by atoms with Crippen molar-refractivity contribution in [3.05, 3.63) is 59.7 Å². The summed E-state index contributed by atoms with van der Waals surface area (Å²) in [4.78, 5) is 0.156. The van der Waals surface area contributed by atoms with Gasteiger partial charge in [-0.15, -0.1) is 0 Å². The van der Waals surface area contributed by atoms with E-state index in [-0.39, 0.29) is 16.6 Å². The van der Waals surface area contributed by atoms with Crippen LogP contribution in [0.1, 0.15) is 17.5 Å². The number of sulfonamides is 1. The third-order valence-electron chi connectivity index (χ3n) is 3.88. The van der Waals surface area contributed by atoms with Crippen LogP contribution in [0.25, 0.3) is 0 Å². The van der Waals surface area contributed by atoms with Gasteiger partial charge in [0.05, 0.1) is 5.69 Å². The van der Waals surface area contributed by atoms with Crippen LogP contribution in [0.3, 0.4) is 0 Å². The Morgan fingerprint density at radius 3 is 2.43 bits per heavy atom. The highest BCUT2D eigenvalue weighted by molar-refractivity contribution is 7.89. The Kier molecular flexibility index (Phi) is 3.69. The molecule has 3 N–H and O–H groups in total. The zero-order valence-electron chi connectivity index (χ0n) is 11.6. The third kappa shape index (κ3) is 2.94. The van der Waals surface area contributed by atoms with Gasteiger partial charge in [0.15, 0.2) is 0 Å². The van der Waals surface area contributed by atoms with E-state index in [1.165, 1.54) is 17.2 Å². The minimum atomic E-state index is -3.57. The van der Waals surface area contributed by atoms with Gasteiger partial charge < -0.3 is 5.73 Å². The summed E-state index contributed by atoms with van der Waals surface area (Å²) in [5.74, 6) is 0. The van der Waals surface area contributed by atoms with Gasteiger partial charge in [-0.3, -0.25) is 0 Å². The van der Waals surface area contributed by atoms with E-state index >= 15 is 0 Å². The van der Waals surface area contributed by atoms with E-state index in [1.54, 1.807) is 18.2 Å². The average molecular weight is 302 g/mol. The summed E-state index contributed by atoms with van der Waals surface area (Å²) in [6, 6.07) is 14.6. The fourth-order valence-electron chi connectivity index (χ4n) is 2.81. The van der Waals surface area contributed by atoms with Crippen molar-refractivity contribution < 1.29 is 8.42 Å². The van der Waals surface area contributed by atoms with Crippen molar-refractivity contribution in [1.29, 1.82) is 0 Å². The lowest BCUT2D eigenvalue weighted by molar-refractivity contribution is 0.508. The molecule has 21 heavy (non-hydrogen) atoms. The highest BCUT2D eigenvalue weighted by atomic mass is 32.2. The fourth-order valence-corrected chi connectivity index (χ4v) is 4.21. The average Bonchev–Trinajstić information content (AvgIpc) is 2.47. The topological polar surface area (TPSA) is 72.2 Å². The summed E-state index contributed by atoms with van der Waals surface area (Å²) in [5.41, 5.74) is 8.58. The molecule has 5 heteroatoms. The molecule has 0 aliphatic heterocycles. The first-order chi connectivity index (χ1) is 10.1. The molecular weight excluding hydrogens is 284 g/mol. The van der Waals surface area contributed by atoms with E-state index in [9.17, 15) is 8.42 Å². The van der Waals surface area contributed by atoms with E-state index in [0.29, 0.717) is 0 Å². The number of benzene rings is 2. The maximum atomic E-state index is 12.4. The number of fused-ring (bicyclic) bond motifs is 1. The molecule has 3 rings (SSSR count). The van der Waals surface area contributed by atoms with Gasteiger partial charge in [-0.2, -0.15) is 0 Å². The molecular formula is C16H18N2O2S. The summed E-state index contributed by atoms with van der Waals surface area (Å²) in [6.45, 7) is 0. The Balaban J connectivity index is 1.80. The van der Waals surface area contributed by atoms with Gasteiger partial charge in [0, 0.05) is 6.04 Å². The Labute approximate surface area is 125 Å². The number of hydrogen-bond acceptors (Lipinski definition) is 3. The molecule has 0 saturated carbocycles. The van der Waals surface area contributed by atoms with Crippen LogP contribution in [0.15, 0.2) is 53.4 Å². The maximum absolute atomic E-state index is 12.4. The molecule has 1 atom stereocenters. The number of hydrogen-bond donors (Lipinski definition) is 2. The molecule has 1 aliphatic carbocycles. The van der Waals surface area contributed by atoms with Crippen LogP contribution in [-0.2, 0) is 22.9 Å². The molecule has 4 nitrogen and oxygen atoms in total. The Morgan fingerprint density at radius 2 is 1.67 bits per heavy atom. The van der Waals surface area contributed by atoms with E-state index < -0.39 is 10.0 Å². The molecule has 0 spiro atoms. The van der Waals surface area contributed by atoms with Crippen LogP contribution < -0.4 is 10.5 Å². The minimum Gasteiger partial charge on any atom is -0.398 e. The van der Waals surface area contributed by atoms with Gasteiger partial charge in [-0.1, -0.05) is 36.4 Å². The molecule has 1 unspecified atom stereocenters. The van der Waals surface area contributed by atoms with Gasteiger partial charge in [0.2, 0.25) is 10.0 Å². The second-order valence-corrected chi connectivity index (χ2v) is 7.05. The Hall–Kier alpha value is -1.85. The second-order valence-electron chi connectivity index (χ2n) is 5.37. The van der Waals surface area contributed by atoms with Crippen molar-refractivity contribution in [3.8, 4) is 0 Å². The summed E-state index contributed by atoms with van der Waals surface area (Å²) in [7, 11) is -3.57. The number of anilines is 1. The number of aryl methyl sites for hydroxylation is 1. The van der Waals surface area contributed by atoms with Gasteiger partial charge in [0.25, 0.3) is 0 Å². The zero-order valence-corrected chi connectivity index (χ0v) is 12.4. The Morgan fingerprint density at radius 1 is 1.00 bits per heavy atom. The number of nitrogens with one attached hydrogen (secondary N) is 1. The Bertz CT molecular complexity index is 756. The van der Waals surface area contributed by atoms with Gasteiger partial charge in [-0.05, 0) is 42.5 Å². The number of nitrogen functional groups attached to an aromatic ring is 1. The second kappa shape index (κ2) is 5.50. The van der Waals surface area contributed by atoms with Crippen molar-refractivity contribution in [2.45, 2.75) is 30.2 Å². The van der Waals surface area contributed by atoms with E-state index in [4.69, 9.17) is 5.73 Å². The van der Waals surface area contributed by atoms with Gasteiger partial charge in [-0.25, -0.2) is 13.1 Å².